The van der Waals surface area contributed by atoms with Crippen molar-refractivity contribution in [2.24, 2.45) is 5.92 Å². The van der Waals surface area contributed by atoms with Gasteiger partial charge in [0.1, 0.15) is 4.70 Å². The van der Waals surface area contributed by atoms with E-state index in [-0.39, 0.29) is 5.56 Å². The Hall–Kier alpha value is -0.940. The van der Waals surface area contributed by atoms with E-state index in [2.05, 4.69) is 4.98 Å². The molecule has 1 N–H and O–H groups in total. The molecule has 0 aliphatic heterocycles. The molecule has 0 atom stereocenters. The zero-order valence-electron chi connectivity index (χ0n) is 10.9. The van der Waals surface area contributed by atoms with Gasteiger partial charge in [-0.1, -0.05) is 25.7 Å². The molecule has 1 fully saturated rings. The van der Waals surface area contributed by atoms with Crippen LogP contribution in [-0.2, 0) is 6.54 Å². The zero-order valence-corrected chi connectivity index (χ0v) is 12.5. The lowest BCUT2D eigenvalue weighted by Gasteiger charge is -2.10. The first-order chi connectivity index (χ1) is 9.25. The largest absolute Gasteiger partial charge is 0.331 e. The Labute approximate surface area is 121 Å². The lowest BCUT2D eigenvalue weighted by atomic mass is 10.0. The maximum Gasteiger partial charge on any atom is 0.272 e. The highest BCUT2D eigenvalue weighted by Gasteiger charge is 2.14. The summed E-state index contributed by atoms with van der Waals surface area (Å²) in [5, 5.41) is 1.93. The van der Waals surface area contributed by atoms with Crippen LogP contribution in [0.4, 0.5) is 0 Å². The molecule has 2 heterocycles. The van der Waals surface area contributed by atoms with Gasteiger partial charge in [-0.3, -0.25) is 9.36 Å². The molecule has 0 amide bonds. The van der Waals surface area contributed by atoms with Crippen LogP contribution in [-0.4, -0.2) is 9.55 Å². The molecule has 1 aliphatic carbocycles. The number of thiophene rings is 1. The van der Waals surface area contributed by atoms with Crippen LogP contribution in [0.2, 0.25) is 0 Å². The van der Waals surface area contributed by atoms with Crippen LogP contribution in [0.15, 0.2) is 16.2 Å². The number of H-pyrrole nitrogens is 1. The van der Waals surface area contributed by atoms with Crippen molar-refractivity contribution in [2.45, 2.75) is 45.1 Å². The van der Waals surface area contributed by atoms with E-state index in [9.17, 15) is 4.79 Å². The van der Waals surface area contributed by atoms with E-state index in [0.29, 0.717) is 4.77 Å². The highest BCUT2D eigenvalue weighted by atomic mass is 32.1. The third-order valence-corrected chi connectivity index (χ3v) is 5.29. The molecule has 0 radical (unpaired) electrons. The summed E-state index contributed by atoms with van der Waals surface area (Å²) < 4.78 is 3.07. The van der Waals surface area contributed by atoms with Gasteiger partial charge < -0.3 is 4.98 Å². The zero-order chi connectivity index (χ0) is 13.2. The number of hydrogen-bond donors (Lipinski definition) is 1. The van der Waals surface area contributed by atoms with Gasteiger partial charge in [-0.15, -0.1) is 11.3 Å². The Bertz CT molecular complexity index is 677. The van der Waals surface area contributed by atoms with Gasteiger partial charge in [0.15, 0.2) is 4.77 Å². The monoisotopic (exact) mass is 294 g/mol. The van der Waals surface area contributed by atoms with Crippen molar-refractivity contribution in [3.05, 3.63) is 26.6 Å². The van der Waals surface area contributed by atoms with Gasteiger partial charge in [0.25, 0.3) is 5.56 Å². The Morgan fingerprint density at radius 1 is 1.42 bits per heavy atom. The molecule has 1 saturated carbocycles. The standard InChI is InChI=1S/C14H18N2OS2/c17-13-12-11(7-9-19-12)15-14(18)16(13)8-3-6-10-4-1-2-5-10/h7,9-10H,1-6,8H2,(H,15,18). The van der Waals surface area contributed by atoms with Crippen molar-refractivity contribution in [1.29, 1.82) is 0 Å². The van der Waals surface area contributed by atoms with E-state index in [1.54, 1.807) is 4.57 Å². The minimum absolute atomic E-state index is 0.0696. The molecular weight excluding hydrogens is 276 g/mol. The van der Waals surface area contributed by atoms with Crippen LogP contribution in [0, 0.1) is 10.7 Å². The molecule has 0 unspecified atom stereocenters. The predicted octanol–water partition coefficient (Wildman–Crippen LogP) is 4.09. The molecule has 0 saturated heterocycles. The SMILES string of the molecule is O=c1c2sccc2[nH]c(=S)n1CCCC1CCCC1. The van der Waals surface area contributed by atoms with Gasteiger partial charge >= 0.3 is 0 Å². The van der Waals surface area contributed by atoms with Gasteiger partial charge in [0, 0.05) is 6.54 Å². The number of hydrogen-bond acceptors (Lipinski definition) is 3. The van der Waals surface area contributed by atoms with Crippen molar-refractivity contribution in [2.75, 3.05) is 0 Å². The third kappa shape index (κ3) is 2.67. The van der Waals surface area contributed by atoms with E-state index in [4.69, 9.17) is 12.2 Å². The Kier molecular flexibility index (Phi) is 3.84. The van der Waals surface area contributed by atoms with Crippen molar-refractivity contribution >= 4 is 33.8 Å². The molecule has 0 aromatic carbocycles. The van der Waals surface area contributed by atoms with Crippen molar-refractivity contribution < 1.29 is 0 Å². The Morgan fingerprint density at radius 2 is 2.21 bits per heavy atom. The highest BCUT2D eigenvalue weighted by molar-refractivity contribution is 7.71. The van der Waals surface area contributed by atoms with Crippen LogP contribution in [0.3, 0.4) is 0 Å². The molecule has 1 aliphatic rings. The fourth-order valence-electron chi connectivity index (χ4n) is 3.01. The summed E-state index contributed by atoms with van der Waals surface area (Å²) in [6.07, 6.45) is 7.78. The van der Waals surface area contributed by atoms with Crippen molar-refractivity contribution in [3.8, 4) is 0 Å². The average Bonchev–Trinajstić information content (AvgIpc) is 3.03. The number of nitrogens with zero attached hydrogens (tertiary/aromatic N) is 1. The van der Waals surface area contributed by atoms with E-state index < -0.39 is 0 Å². The quantitative estimate of drug-likeness (QED) is 0.862. The molecule has 0 bridgehead atoms. The number of aromatic amines is 1. The molecule has 0 spiro atoms. The first-order valence-corrected chi connectivity index (χ1v) is 8.25. The second-order valence-corrected chi connectivity index (χ2v) is 6.65. The van der Waals surface area contributed by atoms with Gasteiger partial charge in [0.05, 0.1) is 5.52 Å². The molecular formula is C14H18N2OS2. The fourth-order valence-corrected chi connectivity index (χ4v) is 4.09. The van der Waals surface area contributed by atoms with Gasteiger partial charge in [-0.2, -0.15) is 0 Å². The second-order valence-electron chi connectivity index (χ2n) is 5.34. The average molecular weight is 294 g/mol. The van der Waals surface area contributed by atoms with Gasteiger partial charge in [-0.05, 0) is 42.4 Å². The summed E-state index contributed by atoms with van der Waals surface area (Å²) in [7, 11) is 0. The predicted molar refractivity (Wildman–Crippen MR) is 82.5 cm³/mol. The molecule has 2 aromatic heterocycles. The van der Waals surface area contributed by atoms with Gasteiger partial charge in [-0.25, -0.2) is 0 Å². The maximum atomic E-state index is 12.3. The minimum atomic E-state index is 0.0696. The Balaban J connectivity index is 1.76. The summed E-state index contributed by atoms with van der Waals surface area (Å²) in [4.78, 5) is 15.5. The number of fused-ring (bicyclic) bond motifs is 1. The topological polar surface area (TPSA) is 37.8 Å². The van der Waals surface area contributed by atoms with E-state index >= 15 is 0 Å². The normalized spacial score (nSPS) is 16.4. The summed E-state index contributed by atoms with van der Waals surface area (Å²) in [5.41, 5.74) is 0.937. The van der Waals surface area contributed by atoms with Crippen LogP contribution < -0.4 is 5.56 Å². The molecule has 2 aromatic rings. The summed E-state index contributed by atoms with van der Waals surface area (Å²) in [6, 6.07) is 1.92. The molecule has 3 nitrogen and oxygen atoms in total. The Morgan fingerprint density at radius 3 is 3.00 bits per heavy atom. The van der Waals surface area contributed by atoms with Crippen molar-refractivity contribution in [3.63, 3.8) is 0 Å². The molecule has 5 heteroatoms. The number of nitrogens with one attached hydrogen (secondary N) is 1. The van der Waals surface area contributed by atoms with Crippen LogP contribution in [0.5, 0.6) is 0 Å². The molecule has 3 rings (SSSR count). The van der Waals surface area contributed by atoms with Crippen LogP contribution in [0.25, 0.3) is 10.2 Å². The number of aromatic nitrogens is 2. The van der Waals surface area contributed by atoms with E-state index in [1.165, 1.54) is 43.4 Å². The minimum Gasteiger partial charge on any atom is -0.331 e. The van der Waals surface area contributed by atoms with Crippen LogP contribution in [0.1, 0.15) is 38.5 Å². The number of rotatable bonds is 4. The molecule has 102 valence electrons. The van der Waals surface area contributed by atoms with Crippen LogP contribution >= 0.6 is 23.6 Å². The molecule has 19 heavy (non-hydrogen) atoms. The smallest absolute Gasteiger partial charge is 0.272 e. The summed E-state index contributed by atoms with van der Waals surface area (Å²) >= 11 is 6.78. The van der Waals surface area contributed by atoms with E-state index in [0.717, 1.165) is 29.1 Å². The highest BCUT2D eigenvalue weighted by Crippen LogP contribution is 2.28. The second kappa shape index (κ2) is 5.59. The summed E-state index contributed by atoms with van der Waals surface area (Å²) in [5.74, 6) is 0.874. The van der Waals surface area contributed by atoms with E-state index in [1.807, 2.05) is 11.4 Å². The van der Waals surface area contributed by atoms with Crippen molar-refractivity contribution in [1.82, 2.24) is 9.55 Å². The first-order valence-electron chi connectivity index (χ1n) is 6.96. The maximum absolute atomic E-state index is 12.3. The lowest BCUT2D eigenvalue weighted by Crippen LogP contribution is -2.21. The third-order valence-electron chi connectivity index (χ3n) is 4.06. The van der Waals surface area contributed by atoms with Gasteiger partial charge in [0.2, 0.25) is 0 Å². The first kappa shape index (κ1) is 13.1. The summed E-state index contributed by atoms with van der Waals surface area (Å²) in [6.45, 7) is 0.749. The fraction of sp³-hybridized carbons (Fsp3) is 0.571. The lowest BCUT2D eigenvalue weighted by molar-refractivity contribution is 0.453.